The molecule has 0 bridgehead atoms. The summed E-state index contributed by atoms with van der Waals surface area (Å²) in [6, 6.07) is 17.1. The molecule has 0 amide bonds. The minimum Gasteiger partial charge on any atom is -0.440 e. The molecule has 0 N–H and O–H groups in total. The van der Waals surface area contributed by atoms with Crippen LogP contribution in [0.2, 0.25) is 0 Å². The van der Waals surface area contributed by atoms with E-state index in [0.29, 0.717) is 41.4 Å². The van der Waals surface area contributed by atoms with Crippen molar-refractivity contribution in [2.24, 2.45) is 0 Å². The van der Waals surface area contributed by atoms with E-state index in [1.807, 2.05) is 47.4 Å². The molecule has 1 fully saturated rings. The highest BCUT2D eigenvalue weighted by molar-refractivity contribution is 7.85. The molecule has 0 atom stereocenters. The van der Waals surface area contributed by atoms with Crippen LogP contribution in [-0.2, 0) is 10.8 Å². The van der Waals surface area contributed by atoms with E-state index >= 15 is 0 Å². The first-order valence-corrected chi connectivity index (χ1v) is 9.43. The molecule has 2 heterocycles. The van der Waals surface area contributed by atoms with Gasteiger partial charge in [-0.2, -0.15) is 0 Å². The van der Waals surface area contributed by atoms with Gasteiger partial charge in [0.15, 0.2) is 11.3 Å². The molecule has 122 valence electrons. The highest BCUT2D eigenvalue weighted by Crippen LogP contribution is 2.30. The summed E-state index contributed by atoms with van der Waals surface area (Å²) in [6.07, 6.45) is 0. The molecule has 1 aliphatic heterocycles. The number of para-hydroxylation sites is 1. The van der Waals surface area contributed by atoms with Crippen LogP contribution >= 0.6 is 0 Å². The topological polar surface area (TPSA) is 50.5 Å². The van der Waals surface area contributed by atoms with Crippen molar-refractivity contribution < 1.29 is 8.63 Å². The molecule has 4 rings (SSSR count). The zero-order valence-electron chi connectivity index (χ0n) is 13.1. The molecule has 1 saturated heterocycles. The first kappa shape index (κ1) is 15.1. The lowest BCUT2D eigenvalue weighted by Crippen LogP contribution is -2.38. The Morgan fingerprint density at radius 1 is 0.958 bits per heavy atom. The summed E-state index contributed by atoms with van der Waals surface area (Å²) in [5.41, 5.74) is 2.49. The monoisotopic (exact) mass is 339 g/mol. The van der Waals surface area contributed by atoms with Crippen molar-refractivity contribution in [3.8, 4) is 11.1 Å². The highest BCUT2D eigenvalue weighted by atomic mass is 32.2. The standard InChI is InChI=1S/C19H17NO3S/c21-17-13-18(20-9-11-24(22)12-10-20)23-19-15(7-4-8-16(17)19)14-5-2-1-3-6-14/h1-8,13H,9-12H2. The third-order valence-electron chi connectivity index (χ3n) is 4.32. The van der Waals surface area contributed by atoms with Crippen LogP contribution in [0, 0.1) is 0 Å². The number of nitrogens with zero attached hydrogens (tertiary/aromatic N) is 1. The molecular weight excluding hydrogens is 322 g/mol. The van der Waals surface area contributed by atoms with Gasteiger partial charge in [-0.05, 0) is 11.6 Å². The van der Waals surface area contributed by atoms with Gasteiger partial charge < -0.3 is 9.32 Å². The van der Waals surface area contributed by atoms with E-state index in [0.717, 1.165) is 11.1 Å². The summed E-state index contributed by atoms with van der Waals surface area (Å²) in [7, 11) is -0.763. The van der Waals surface area contributed by atoms with Gasteiger partial charge in [0.05, 0.1) is 5.39 Å². The maximum absolute atomic E-state index is 12.5. The molecular formula is C19H17NO3S. The molecule has 5 heteroatoms. The van der Waals surface area contributed by atoms with Crippen molar-refractivity contribution in [2.45, 2.75) is 0 Å². The Labute approximate surface area is 142 Å². The van der Waals surface area contributed by atoms with Gasteiger partial charge >= 0.3 is 0 Å². The van der Waals surface area contributed by atoms with Gasteiger partial charge in [0.1, 0.15) is 5.58 Å². The maximum atomic E-state index is 12.5. The first-order chi connectivity index (χ1) is 11.7. The van der Waals surface area contributed by atoms with Gasteiger partial charge in [0, 0.05) is 47.0 Å². The molecule has 0 unspecified atom stereocenters. The second-order valence-electron chi connectivity index (χ2n) is 5.83. The van der Waals surface area contributed by atoms with Crippen LogP contribution < -0.4 is 10.3 Å². The van der Waals surface area contributed by atoms with Crippen LogP contribution in [0.4, 0.5) is 5.88 Å². The van der Waals surface area contributed by atoms with Gasteiger partial charge in [-0.15, -0.1) is 0 Å². The number of fused-ring (bicyclic) bond motifs is 1. The third-order valence-corrected chi connectivity index (χ3v) is 5.59. The van der Waals surface area contributed by atoms with Gasteiger partial charge in [-0.3, -0.25) is 9.00 Å². The molecule has 2 aromatic carbocycles. The maximum Gasteiger partial charge on any atom is 0.200 e. The number of rotatable bonds is 2. The van der Waals surface area contributed by atoms with Crippen LogP contribution in [0.25, 0.3) is 22.1 Å². The van der Waals surface area contributed by atoms with Crippen molar-refractivity contribution in [3.05, 3.63) is 64.8 Å². The Morgan fingerprint density at radius 3 is 2.46 bits per heavy atom. The molecule has 24 heavy (non-hydrogen) atoms. The van der Waals surface area contributed by atoms with Gasteiger partial charge in [-0.1, -0.05) is 42.5 Å². The van der Waals surface area contributed by atoms with Crippen LogP contribution in [0.1, 0.15) is 0 Å². The third kappa shape index (κ3) is 2.76. The SMILES string of the molecule is O=c1cc(N2CCS(=O)CC2)oc2c(-c3ccccc3)cccc12. The summed E-state index contributed by atoms with van der Waals surface area (Å²) in [5.74, 6) is 1.79. The summed E-state index contributed by atoms with van der Waals surface area (Å²) in [5, 5.41) is 0.584. The summed E-state index contributed by atoms with van der Waals surface area (Å²) >= 11 is 0. The fourth-order valence-corrected chi connectivity index (χ4v) is 4.08. The Bertz CT molecular complexity index is 955. The Hall–Kier alpha value is -2.40. The lowest BCUT2D eigenvalue weighted by atomic mass is 10.0. The second-order valence-corrected chi connectivity index (χ2v) is 7.53. The normalized spacial score (nSPS) is 15.8. The fraction of sp³-hybridized carbons (Fsp3) is 0.211. The van der Waals surface area contributed by atoms with Crippen LogP contribution in [0.3, 0.4) is 0 Å². The Balaban J connectivity index is 1.87. The predicted molar refractivity (Wildman–Crippen MR) is 98.0 cm³/mol. The first-order valence-electron chi connectivity index (χ1n) is 7.94. The van der Waals surface area contributed by atoms with Crippen LogP contribution in [-0.4, -0.2) is 28.8 Å². The zero-order valence-corrected chi connectivity index (χ0v) is 13.9. The predicted octanol–water partition coefficient (Wildman–Crippen LogP) is 3.03. The fourth-order valence-electron chi connectivity index (χ4n) is 3.02. The van der Waals surface area contributed by atoms with Crippen molar-refractivity contribution in [3.63, 3.8) is 0 Å². The molecule has 0 aliphatic carbocycles. The summed E-state index contributed by atoms with van der Waals surface area (Å²) in [6.45, 7) is 1.29. The van der Waals surface area contributed by atoms with Crippen molar-refractivity contribution in [2.75, 3.05) is 29.5 Å². The van der Waals surface area contributed by atoms with Crippen LogP contribution in [0.5, 0.6) is 0 Å². The smallest absolute Gasteiger partial charge is 0.200 e. The van der Waals surface area contributed by atoms with Crippen LogP contribution in [0.15, 0.2) is 63.8 Å². The van der Waals surface area contributed by atoms with Crippen molar-refractivity contribution >= 4 is 27.7 Å². The summed E-state index contributed by atoms with van der Waals surface area (Å²) < 4.78 is 17.7. The quantitative estimate of drug-likeness (QED) is 0.720. The van der Waals surface area contributed by atoms with Gasteiger partial charge in [0.2, 0.25) is 0 Å². The van der Waals surface area contributed by atoms with Crippen molar-refractivity contribution in [1.29, 1.82) is 0 Å². The van der Waals surface area contributed by atoms with Crippen molar-refractivity contribution in [1.82, 2.24) is 0 Å². The average molecular weight is 339 g/mol. The lowest BCUT2D eigenvalue weighted by molar-refractivity contribution is 0.575. The number of hydrogen-bond donors (Lipinski definition) is 0. The van der Waals surface area contributed by atoms with E-state index in [4.69, 9.17) is 4.42 Å². The number of benzene rings is 2. The molecule has 0 radical (unpaired) electrons. The molecule has 0 saturated carbocycles. The van der Waals surface area contributed by atoms with E-state index in [9.17, 15) is 9.00 Å². The molecule has 1 aromatic heterocycles. The molecule has 0 spiro atoms. The van der Waals surface area contributed by atoms with Gasteiger partial charge in [-0.25, -0.2) is 0 Å². The molecule has 3 aromatic rings. The highest BCUT2D eigenvalue weighted by Gasteiger charge is 2.19. The minimum atomic E-state index is -0.763. The Morgan fingerprint density at radius 2 is 1.71 bits per heavy atom. The second kappa shape index (κ2) is 6.24. The largest absolute Gasteiger partial charge is 0.440 e. The van der Waals surface area contributed by atoms with Gasteiger partial charge in [0.25, 0.3) is 0 Å². The van der Waals surface area contributed by atoms with E-state index < -0.39 is 10.8 Å². The molecule has 4 nitrogen and oxygen atoms in total. The Kier molecular flexibility index (Phi) is 3.94. The number of hydrogen-bond acceptors (Lipinski definition) is 4. The average Bonchev–Trinajstić information content (AvgIpc) is 2.62. The van der Waals surface area contributed by atoms with E-state index in [-0.39, 0.29) is 5.43 Å². The van der Waals surface area contributed by atoms with E-state index in [1.165, 1.54) is 0 Å². The lowest BCUT2D eigenvalue weighted by Gasteiger charge is -2.26. The summed E-state index contributed by atoms with van der Waals surface area (Å²) in [4.78, 5) is 14.5. The van der Waals surface area contributed by atoms with E-state index in [2.05, 4.69) is 0 Å². The number of anilines is 1. The molecule has 1 aliphatic rings. The van der Waals surface area contributed by atoms with E-state index in [1.54, 1.807) is 12.1 Å². The zero-order chi connectivity index (χ0) is 16.5. The minimum absolute atomic E-state index is 0.0456.